The fraction of sp³-hybridized carbons (Fsp3) is 0.864. The standard InChI is InChI=1S/C22H31NO3/c1-19-9-10-22(25-11-12-26-22)13-15(19)3-4-16-17(19)5-7-20(2)18(16)6-8-21(20,24)14-23/h3,16-18,24H,4-13H2,1-2H3/t16-,17+,18-,19-,20-,21+/m0/s1. The van der Waals surface area contributed by atoms with E-state index in [1.807, 2.05) is 0 Å². The molecule has 5 rings (SSSR count). The van der Waals surface area contributed by atoms with Crippen molar-refractivity contribution >= 4 is 0 Å². The van der Waals surface area contributed by atoms with Crippen molar-refractivity contribution in [1.82, 2.24) is 0 Å². The van der Waals surface area contributed by atoms with E-state index in [-0.39, 0.29) is 16.6 Å². The Labute approximate surface area is 156 Å². The van der Waals surface area contributed by atoms with E-state index < -0.39 is 5.60 Å². The molecular formula is C22H31NO3. The zero-order valence-corrected chi connectivity index (χ0v) is 16.1. The van der Waals surface area contributed by atoms with Gasteiger partial charge in [0.05, 0.1) is 19.3 Å². The molecule has 142 valence electrons. The Hall–Kier alpha value is -0.890. The highest BCUT2D eigenvalue weighted by Gasteiger charge is 2.64. The second kappa shape index (κ2) is 5.34. The van der Waals surface area contributed by atoms with Gasteiger partial charge in [0.25, 0.3) is 0 Å². The van der Waals surface area contributed by atoms with Crippen LogP contribution in [0.15, 0.2) is 11.6 Å². The molecule has 6 atom stereocenters. The third-order valence-corrected chi connectivity index (χ3v) is 9.26. The van der Waals surface area contributed by atoms with Gasteiger partial charge in [-0.3, -0.25) is 0 Å². The molecule has 4 fully saturated rings. The number of aliphatic hydroxyl groups is 1. The van der Waals surface area contributed by atoms with Crippen molar-refractivity contribution in [2.24, 2.45) is 28.6 Å². The fourth-order valence-electron chi connectivity index (χ4n) is 7.55. The van der Waals surface area contributed by atoms with Crippen molar-refractivity contribution in [3.05, 3.63) is 11.6 Å². The minimum absolute atomic E-state index is 0.234. The van der Waals surface area contributed by atoms with E-state index in [1.165, 1.54) is 0 Å². The van der Waals surface area contributed by atoms with Crippen molar-refractivity contribution in [3.8, 4) is 6.07 Å². The molecule has 1 heterocycles. The van der Waals surface area contributed by atoms with E-state index >= 15 is 0 Å². The number of nitrogens with zero attached hydrogens (tertiary/aromatic N) is 1. The Balaban J connectivity index is 1.47. The maximum absolute atomic E-state index is 11.0. The molecule has 4 aliphatic carbocycles. The first kappa shape index (κ1) is 17.2. The number of ether oxygens (including phenoxy) is 2. The summed E-state index contributed by atoms with van der Waals surface area (Å²) in [5.41, 5.74) is 0.412. The van der Waals surface area contributed by atoms with Crippen LogP contribution in [0, 0.1) is 39.9 Å². The molecule has 0 amide bonds. The van der Waals surface area contributed by atoms with Crippen molar-refractivity contribution in [3.63, 3.8) is 0 Å². The van der Waals surface area contributed by atoms with Crippen LogP contribution in [0.2, 0.25) is 0 Å². The van der Waals surface area contributed by atoms with Crippen molar-refractivity contribution < 1.29 is 14.6 Å². The summed E-state index contributed by atoms with van der Waals surface area (Å²) >= 11 is 0. The van der Waals surface area contributed by atoms with Gasteiger partial charge in [-0.1, -0.05) is 25.5 Å². The SMILES string of the molecule is C[C@]12CCC3(CC1=CC[C@H]1[C@H]2CC[C@@]2(C)[C@H]1CC[C@@]2(O)C#N)OCCO3. The summed E-state index contributed by atoms with van der Waals surface area (Å²) in [7, 11) is 0. The predicted octanol–water partition coefficient (Wildman–Crippen LogP) is 3.95. The molecule has 0 aromatic heterocycles. The molecule has 0 radical (unpaired) electrons. The Bertz CT molecular complexity index is 690. The molecule has 0 unspecified atom stereocenters. The first-order chi connectivity index (χ1) is 12.4. The molecule has 0 aromatic carbocycles. The van der Waals surface area contributed by atoms with Gasteiger partial charge < -0.3 is 14.6 Å². The fourth-order valence-corrected chi connectivity index (χ4v) is 7.55. The van der Waals surface area contributed by atoms with Crippen LogP contribution in [0.25, 0.3) is 0 Å². The van der Waals surface area contributed by atoms with Crippen LogP contribution in [0.4, 0.5) is 0 Å². The Kier molecular flexibility index (Phi) is 3.54. The van der Waals surface area contributed by atoms with Gasteiger partial charge in [0.2, 0.25) is 0 Å². The van der Waals surface area contributed by atoms with Gasteiger partial charge in [-0.25, -0.2) is 0 Å². The Morgan fingerprint density at radius 1 is 1.08 bits per heavy atom. The minimum Gasteiger partial charge on any atom is -0.375 e. The van der Waals surface area contributed by atoms with Crippen molar-refractivity contribution in [2.75, 3.05) is 13.2 Å². The second-order valence-corrected chi connectivity index (χ2v) is 10.0. The smallest absolute Gasteiger partial charge is 0.172 e. The zero-order valence-electron chi connectivity index (χ0n) is 16.1. The van der Waals surface area contributed by atoms with Crippen molar-refractivity contribution in [1.29, 1.82) is 5.26 Å². The summed E-state index contributed by atoms with van der Waals surface area (Å²) in [4.78, 5) is 0. The van der Waals surface area contributed by atoms with E-state index in [4.69, 9.17) is 9.47 Å². The van der Waals surface area contributed by atoms with Crippen LogP contribution >= 0.6 is 0 Å². The summed E-state index contributed by atoms with van der Waals surface area (Å²) in [5.74, 6) is 1.38. The van der Waals surface area contributed by atoms with Gasteiger partial charge >= 0.3 is 0 Å². The lowest BCUT2D eigenvalue weighted by Gasteiger charge is -2.59. The van der Waals surface area contributed by atoms with Crippen LogP contribution in [-0.4, -0.2) is 29.7 Å². The zero-order chi connectivity index (χ0) is 18.2. The van der Waals surface area contributed by atoms with E-state index in [0.717, 1.165) is 58.2 Å². The van der Waals surface area contributed by atoms with Gasteiger partial charge in [-0.05, 0) is 61.7 Å². The van der Waals surface area contributed by atoms with Gasteiger partial charge in [0.15, 0.2) is 11.4 Å². The van der Waals surface area contributed by atoms with E-state index in [1.54, 1.807) is 5.57 Å². The molecule has 0 aromatic rings. The van der Waals surface area contributed by atoms with Crippen LogP contribution in [0.1, 0.15) is 65.2 Å². The van der Waals surface area contributed by atoms with Gasteiger partial charge in [0.1, 0.15) is 0 Å². The van der Waals surface area contributed by atoms with Crippen LogP contribution in [-0.2, 0) is 9.47 Å². The highest BCUT2D eigenvalue weighted by atomic mass is 16.7. The quantitative estimate of drug-likeness (QED) is 0.527. The largest absolute Gasteiger partial charge is 0.375 e. The molecule has 1 spiro atoms. The molecule has 4 nitrogen and oxygen atoms in total. The number of hydrogen-bond donors (Lipinski definition) is 1. The summed E-state index contributed by atoms with van der Waals surface area (Å²) in [6.07, 6.45) is 10.4. The summed E-state index contributed by atoms with van der Waals surface area (Å²) in [5, 5.41) is 20.6. The highest BCUT2D eigenvalue weighted by Crippen LogP contribution is 2.67. The van der Waals surface area contributed by atoms with E-state index in [0.29, 0.717) is 24.2 Å². The maximum atomic E-state index is 11.0. The minimum atomic E-state index is -1.13. The average Bonchev–Trinajstić information content (AvgIpc) is 3.19. The molecule has 1 aliphatic heterocycles. The molecule has 5 aliphatic rings. The maximum Gasteiger partial charge on any atom is 0.172 e. The third-order valence-electron chi connectivity index (χ3n) is 9.26. The van der Waals surface area contributed by atoms with Gasteiger partial charge in [-0.15, -0.1) is 0 Å². The van der Waals surface area contributed by atoms with Crippen molar-refractivity contribution in [2.45, 2.75) is 76.6 Å². The first-order valence-electron chi connectivity index (χ1n) is 10.5. The predicted molar refractivity (Wildman–Crippen MR) is 96.9 cm³/mol. The lowest BCUT2D eigenvalue weighted by Crippen LogP contribution is -2.55. The topological polar surface area (TPSA) is 62.5 Å². The average molecular weight is 357 g/mol. The molecule has 1 N–H and O–H groups in total. The molecule has 26 heavy (non-hydrogen) atoms. The monoisotopic (exact) mass is 357 g/mol. The second-order valence-electron chi connectivity index (χ2n) is 10.0. The molecule has 3 saturated carbocycles. The Morgan fingerprint density at radius 3 is 2.54 bits per heavy atom. The molecule has 4 heteroatoms. The number of nitriles is 1. The molecule has 0 bridgehead atoms. The van der Waals surface area contributed by atoms with Crippen LogP contribution in [0.3, 0.4) is 0 Å². The normalized spacial score (nSPS) is 51.9. The van der Waals surface area contributed by atoms with Gasteiger partial charge in [0, 0.05) is 18.3 Å². The summed E-state index contributed by atoms with van der Waals surface area (Å²) in [6.45, 7) is 6.10. The lowest BCUT2D eigenvalue weighted by atomic mass is 9.47. The Morgan fingerprint density at radius 2 is 1.81 bits per heavy atom. The number of fused-ring (bicyclic) bond motifs is 5. The van der Waals surface area contributed by atoms with Gasteiger partial charge in [-0.2, -0.15) is 5.26 Å². The number of hydrogen-bond acceptors (Lipinski definition) is 4. The van der Waals surface area contributed by atoms with Crippen LogP contribution < -0.4 is 0 Å². The summed E-state index contributed by atoms with van der Waals surface area (Å²) in [6, 6.07) is 2.28. The summed E-state index contributed by atoms with van der Waals surface area (Å²) < 4.78 is 12.0. The third kappa shape index (κ3) is 2.00. The molecular weight excluding hydrogens is 326 g/mol. The number of rotatable bonds is 0. The van der Waals surface area contributed by atoms with Crippen LogP contribution in [0.5, 0.6) is 0 Å². The molecule has 1 saturated heterocycles. The first-order valence-corrected chi connectivity index (χ1v) is 10.5. The van der Waals surface area contributed by atoms with E-state index in [2.05, 4.69) is 26.0 Å². The lowest BCUT2D eigenvalue weighted by molar-refractivity contribution is -0.186. The highest BCUT2D eigenvalue weighted by molar-refractivity contribution is 5.28. The van der Waals surface area contributed by atoms with E-state index in [9.17, 15) is 10.4 Å². The number of allylic oxidation sites excluding steroid dienone is 1.